The van der Waals surface area contributed by atoms with E-state index < -0.39 is 0 Å². The molecular formula is C11H11Br2N3O. The number of anilines is 1. The van der Waals surface area contributed by atoms with Crippen molar-refractivity contribution >= 4 is 37.7 Å². The van der Waals surface area contributed by atoms with Gasteiger partial charge in [-0.05, 0) is 51.8 Å². The quantitative estimate of drug-likeness (QED) is 0.903. The van der Waals surface area contributed by atoms with E-state index in [1.165, 1.54) is 0 Å². The average molecular weight is 361 g/mol. The van der Waals surface area contributed by atoms with E-state index in [0.717, 1.165) is 31.8 Å². The number of hydrogen-bond donors (Lipinski definition) is 1. The van der Waals surface area contributed by atoms with Crippen molar-refractivity contribution in [1.29, 1.82) is 0 Å². The fourth-order valence-electron chi connectivity index (χ4n) is 1.47. The van der Waals surface area contributed by atoms with Crippen LogP contribution in [0.2, 0.25) is 0 Å². The molecule has 0 aliphatic rings. The SMILES string of the molecule is Cc1noc(C)c1CNc1ncc(Br)cc1Br. The highest BCUT2D eigenvalue weighted by Gasteiger charge is 2.09. The molecule has 2 rings (SSSR count). The standard InChI is InChI=1S/C11H11Br2N3O/c1-6-9(7(2)17-16-6)5-15-11-10(13)3-8(12)4-14-11/h3-4H,5H2,1-2H3,(H,14,15). The maximum absolute atomic E-state index is 5.10. The van der Waals surface area contributed by atoms with Gasteiger partial charge in [-0.25, -0.2) is 4.98 Å². The zero-order valence-electron chi connectivity index (χ0n) is 9.42. The lowest BCUT2D eigenvalue weighted by Crippen LogP contribution is -2.03. The van der Waals surface area contributed by atoms with Crippen LogP contribution in [-0.4, -0.2) is 10.1 Å². The zero-order valence-corrected chi connectivity index (χ0v) is 12.6. The molecule has 0 saturated carbocycles. The van der Waals surface area contributed by atoms with Gasteiger partial charge >= 0.3 is 0 Å². The van der Waals surface area contributed by atoms with Crippen molar-refractivity contribution in [3.63, 3.8) is 0 Å². The minimum Gasteiger partial charge on any atom is -0.365 e. The van der Waals surface area contributed by atoms with Gasteiger partial charge in [-0.3, -0.25) is 0 Å². The first-order valence-electron chi connectivity index (χ1n) is 5.04. The fourth-order valence-corrected chi connectivity index (χ4v) is 2.60. The van der Waals surface area contributed by atoms with E-state index in [1.54, 1.807) is 6.20 Å². The summed E-state index contributed by atoms with van der Waals surface area (Å²) in [5, 5.41) is 7.16. The van der Waals surface area contributed by atoms with Crippen LogP contribution in [0.1, 0.15) is 17.0 Å². The first-order valence-corrected chi connectivity index (χ1v) is 6.63. The molecule has 0 bridgehead atoms. The molecule has 0 unspecified atom stereocenters. The Hall–Kier alpha value is -0.880. The van der Waals surface area contributed by atoms with Gasteiger partial charge < -0.3 is 9.84 Å². The highest BCUT2D eigenvalue weighted by atomic mass is 79.9. The van der Waals surface area contributed by atoms with Crippen LogP contribution < -0.4 is 5.32 Å². The van der Waals surface area contributed by atoms with E-state index in [1.807, 2.05) is 19.9 Å². The largest absolute Gasteiger partial charge is 0.365 e. The number of pyridine rings is 1. The maximum atomic E-state index is 5.10. The molecule has 90 valence electrons. The Morgan fingerprint density at radius 3 is 2.71 bits per heavy atom. The second kappa shape index (κ2) is 5.18. The normalized spacial score (nSPS) is 10.6. The van der Waals surface area contributed by atoms with Gasteiger partial charge in [0.1, 0.15) is 11.6 Å². The molecule has 0 aliphatic carbocycles. The Bertz CT molecular complexity index is 520. The summed E-state index contributed by atoms with van der Waals surface area (Å²) in [4.78, 5) is 4.28. The smallest absolute Gasteiger partial charge is 0.140 e. The maximum Gasteiger partial charge on any atom is 0.140 e. The summed E-state index contributed by atoms with van der Waals surface area (Å²) in [6, 6.07) is 1.95. The van der Waals surface area contributed by atoms with E-state index in [-0.39, 0.29) is 0 Å². The number of halogens is 2. The summed E-state index contributed by atoms with van der Waals surface area (Å²) < 4.78 is 6.96. The van der Waals surface area contributed by atoms with Gasteiger partial charge in [0.05, 0.1) is 10.2 Å². The molecule has 0 spiro atoms. The monoisotopic (exact) mass is 359 g/mol. The lowest BCUT2D eigenvalue weighted by atomic mass is 10.2. The predicted octanol–water partition coefficient (Wildman–Crippen LogP) is 3.82. The number of aryl methyl sites for hydroxylation is 2. The van der Waals surface area contributed by atoms with Crippen molar-refractivity contribution in [2.45, 2.75) is 20.4 Å². The Balaban J connectivity index is 2.13. The number of rotatable bonds is 3. The summed E-state index contributed by atoms with van der Waals surface area (Å²) in [7, 11) is 0. The molecule has 17 heavy (non-hydrogen) atoms. The summed E-state index contributed by atoms with van der Waals surface area (Å²) in [6.45, 7) is 4.48. The summed E-state index contributed by atoms with van der Waals surface area (Å²) >= 11 is 6.82. The predicted molar refractivity (Wildman–Crippen MR) is 72.9 cm³/mol. The van der Waals surface area contributed by atoms with Crippen LogP contribution >= 0.6 is 31.9 Å². The third-order valence-corrected chi connectivity index (χ3v) is 3.46. The van der Waals surface area contributed by atoms with Crippen molar-refractivity contribution < 1.29 is 4.52 Å². The minimum atomic E-state index is 0.647. The van der Waals surface area contributed by atoms with Gasteiger partial charge in [-0.15, -0.1) is 0 Å². The van der Waals surface area contributed by atoms with E-state index in [4.69, 9.17) is 4.52 Å². The van der Waals surface area contributed by atoms with E-state index in [0.29, 0.717) is 6.54 Å². The first-order chi connectivity index (χ1) is 8.08. The lowest BCUT2D eigenvalue weighted by Gasteiger charge is -2.07. The summed E-state index contributed by atoms with van der Waals surface area (Å²) in [6.07, 6.45) is 1.75. The molecule has 1 N–H and O–H groups in total. The van der Waals surface area contributed by atoms with Gasteiger partial charge in [-0.1, -0.05) is 5.16 Å². The molecular weight excluding hydrogens is 350 g/mol. The average Bonchev–Trinajstić information content (AvgIpc) is 2.58. The van der Waals surface area contributed by atoms with Crippen LogP contribution in [0.25, 0.3) is 0 Å². The van der Waals surface area contributed by atoms with Crippen molar-refractivity contribution in [3.8, 4) is 0 Å². The Kier molecular flexibility index (Phi) is 3.83. The van der Waals surface area contributed by atoms with Crippen molar-refractivity contribution in [2.75, 3.05) is 5.32 Å². The molecule has 0 atom stereocenters. The van der Waals surface area contributed by atoms with E-state index >= 15 is 0 Å². The summed E-state index contributed by atoms with van der Waals surface area (Å²) in [5.41, 5.74) is 1.98. The van der Waals surface area contributed by atoms with Gasteiger partial charge in [0, 0.05) is 22.8 Å². The van der Waals surface area contributed by atoms with Crippen LogP contribution in [0.3, 0.4) is 0 Å². The van der Waals surface area contributed by atoms with Gasteiger partial charge in [0.15, 0.2) is 0 Å². The van der Waals surface area contributed by atoms with Gasteiger partial charge in [-0.2, -0.15) is 0 Å². The molecule has 4 nitrogen and oxygen atoms in total. The minimum absolute atomic E-state index is 0.647. The molecule has 0 radical (unpaired) electrons. The molecule has 2 aromatic rings. The Labute approximate surface area is 116 Å². The Morgan fingerprint density at radius 2 is 2.12 bits per heavy atom. The molecule has 2 heterocycles. The number of nitrogens with one attached hydrogen (secondary N) is 1. The van der Waals surface area contributed by atoms with Crippen molar-refractivity contribution in [2.24, 2.45) is 0 Å². The van der Waals surface area contributed by atoms with Crippen LogP contribution in [0.5, 0.6) is 0 Å². The summed E-state index contributed by atoms with van der Waals surface area (Å²) in [5.74, 6) is 1.64. The number of hydrogen-bond acceptors (Lipinski definition) is 4. The molecule has 0 aromatic carbocycles. The third kappa shape index (κ3) is 2.87. The van der Waals surface area contributed by atoms with Gasteiger partial charge in [0.25, 0.3) is 0 Å². The molecule has 2 aromatic heterocycles. The van der Waals surface area contributed by atoms with Crippen molar-refractivity contribution in [3.05, 3.63) is 38.2 Å². The van der Waals surface area contributed by atoms with Crippen molar-refractivity contribution in [1.82, 2.24) is 10.1 Å². The first kappa shape index (κ1) is 12.6. The highest BCUT2D eigenvalue weighted by molar-refractivity contribution is 9.11. The highest BCUT2D eigenvalue weighted by Crippen LogP contribution is 2.24. The molecule has 0 aliphatic heterocycles. The van der Waals surface area contributed by atoms with Crippen LogP contribution in [-0.2, 0) is 6.54 Å². The van der Waals surface area contributed by atoms with Crippen LogP contribution in [0.15, 0.2) is 25.7 Å². The number of nitrogens with zero attached hydrogens (tertiary/aromatic N) is 2. The number of aromatic nitrogens is 2. The molecule has 0 amide bonds. The fraction of sp³-hybridized carbons (Fsp3) is 0.273. The topological polar surface area (TPSA) is 51.0 Å². The van der Waals surface area contributed by atoms with Crippen LogP contribution in [0.4, 0.5) is 5.82 Å². The second-order valence-electron chi connectivity index (χ2n) is 3.64. The Morgan fingerprint density at radius 1 is 1.35 bits per heavy atom. The third-order valence-electron chi connectivity index (χ3n) is 2.42. The second-order valence-corrected chi connectivity index (χ2v) is 5.41. The van der Waals surface area contributed by atoms with Gasteiger partial charge in [0.2, 0.25) is 0 Å². The van der Waals surface area contributed by atoms with E-state index in [9.17, 15) is 0 Å². The van der Waals surface area contributed by atoms with E-state index in [2.05, 4.69) is 47.3 Å². The zero-order chi connectivity index (χ0) is 12.4. The lowest BCUT2D eigenvalue weighted by molar-refractivity contribution is 0.392. The molecule has 0 fully saturated rings. The van der Waals surface area contributed by atoms with Crippen LogP contribution in [0, 0.1) is 13.8 Å². The molecule has 0 saturated heterocycles. The molecule has 6 heteroatoms.